The van der Waals surface area contributed by atoms with Crippen LogP contribution in [0.2, 0.25) is 0 Å². The molecule has 0 saturated carbocycles. The number of hydrogen-bond acceptors (Lipinski definition) is 4. The van der Waals surface area contributed by atoms with Crippen LogP contribution in [0.1, 0.15) is 15.9 Å². The van der Waals surface area contributed by atoms with E-state index in [1.54, 1.807) is 0 Å². The average Bonchev–Trinajstić information content (AvgIpc) is 2.25. The van der Waals surface area contributed by atoms with E-state index >= 15 is 0 Å². The predicted octanol–water partition coefficient (Wildman–Crippen LogP) is 1.11. The molecule has 0 bridgehead atoms. The summed E-state index contributed by atoms with van der Waals surface area (Å²) in [6.45, 7) is 0. The monoisotopic (exact) mass is 245 g/mol. The normalized spacial score (nSPS) is 11.6. The van der Waals surface area contributed by atoms with Gasteiger partial charge in [0.25, 0.3) is 0 Å². The summed E-state index contributed by atoms with van der Waals surface area (Å²) in [5.41, 5.74) is 0.664. The Labute approximate surface area is 91.9 Å². The number of methoxy groups -OCH3 is 1. The van der Waals surface area contributed by atoms with Crippen LogP contribution in [0.5, 0.6) is 0 Å². The molecule has 5 nitrogen and oxygen atoms in total. The summed E-state index contributed by atoms with van der Waals surface area (Å²) >= 11 is 0. The molecule has 0 saturated heterocycles. The van der Waals surface area contributed by atoms with Gasteiger partial charge in [0.2, 0.25) is 0 Å². The van der Waals surface area contributed by atoms with Gasteiger partial charge in [0.1, 0.15) is 0 Å². The lowest BCUT2D eigenvalue weighted by Crippen LogP contribution is -2.00. The minimum atomic E-state index is -4.88. The largest absolute Gasteiger partial charge is 0.465 e. The molecular weight excluding hydrogens is 237 g/mol. The molecule has 0 unspecified atom stereocenters. The molecule has 1 aromatic rings. The molecule has 7 heteroatoms. The first kappa shape index (κ1) is 12.3. The highest BCUT2D eigenvalue weighted by molar-refractivity contribution is 7.85. The first-order valence-electron chi connectivity index (χ1n) is 4.10. The van der Waals surface area contributed by atoms with Crippen molar-refractivity contribution in [2.24, 2.45) is 4.40 Å². The maximum atomic E-state index is 12.0. The zero-order valence-corrected chi connectivity index (χ0v) is 9.07. The number of rotatable bonds is 3. The molecule has 0 aliphatic carbocycles. The number of ether oxygens (including phenoxy) is 1. The highest BCUT2D eigenvalue weighted by atomic mass is 32.3. The molecule has 1 aromatic carbocycles. The van der Waals surface area contributed by atoms with Gasteiger partial charge in [0.05, 0.1) is 18.9 Å². The molecule has 0 spiro atoms. The lowest BCUT2D eigenvalue weighted by molar-refractivity contribution is 0.0600. The highest BCUT2D eigenvalue weighted by Gasteiger charge is 2.04. The number of carbonyl (C=O) groups excluding carboxylic acids is 1. The van der Waals surface area contributed by atoms with Crippen molar-refractivity contribution in [3.63, 3.8) is 0 Å². The van der Waals surface area contributed by atoms with E-state index in [1.165, 1.54) is 31.4 Å². The van der Waals surface area contributed by atoms with Crippen LogP contribution >= 0.6 is 0 Å². The van der Waals surface area contributed by atoms with Crippen LogP contribution in [0.4, 0.5) is 3.89 Å². The van der Waals surface area contributed by atoms with Crippen molar-refractivity contribution < 1.29 is 21.8 Å². The van der Waals surface area contributed by atoms with Gasteiger partial charge in [-0.2, -0.15) is 8.42 Å². The van der Waals surface area contributed by atoms with E-state index in [0.717, 1.165) is 6.21 Å². The molecule has 0 aromatic heterocycles. The standard InChI is InChI=1S/C9H8FNO4S/c1-15-9(12)8-4-2-7(3-5-8)6-11-16(10,13)14/h2-6H,1H3/b11-6+. The highest BCUT2D eigenvalue weighted by Crippen LogP contribution is 2.04. The molecule has 0 N–H and O–H groups in total. The Morgan fingerprint density at radius 2 is 1.94 bits per heavy atom. The Balaban J connectivity index is 2.88. The zero-order valence-electron chi connectivity index (χ0n) is 8.25. The third-order valence-corrected chi connectivity index (χ3v) is 2.02. The van der Waals surface area contributed by atoms with Crippen LogP contribution < -0.4 is 0 Å². The van der Waals surface area contributed by atoms with Gasteiger partial charge in [-0.15, -0.1) is 4.40 Å². The Bertz CT molecular complexity index is 507. The number of halogens is 1. The van der Waals surface area contributed by atoms with Gasteiger partial charge in [-0.1, -0.05) is 16.0 Å². The number of nitrogens with zero attached hydrogens (tertiary/aromatic N) is 1. The lowest BCUT2D eigenvalue weighted by Gasteiger charge is -1.98. The first-order valence-corrected chi connectivity index (χ1v) is 5.45. The van der Waals surface area contributed by atoms with E-state index in [9.17, 15) is 17.1 Å². The summed E-state index contributed by atoms with van der Waals surface area (Å²) in [6.07, 6.45) is 0.844. The van der Waals surface area contributed by atoms with Crippen LogP contribution in [-0.2, 0) is 15.1 Å². The summed E-state index contributed by atoms with van der Waals surface area (Å²) in [6, 6.07) is 5.66. The van der Waals surface area contributed by atoms with Crippen molar-refractivity contribution in [2.45, 2.75) is 0 Å². The quantitative estimate of drug-likeness (QED) is 0.454. The summed E-state index contributed by atoms with van der Waals surface area (Å²) in [7, 11) is -3.63. The Morgan fingerprint density at radius 3 is 2.38 bits per heavy atom. The third kappa shape index (κ3) is 3.77. The molecule has 0 aliphatic rings. The molecule has 0 aliphatic heterocycles. The first-order chi connectivity index (χ1) is 7.42. The van der Waals surface area contributed by atoms with E-state index in [0.29, 0.717) is 11.1 Å². The molecule has 0 atom stereocenters. The van der Waals surface area contributed by atoms with E-state index < -0.39 is 16.4 Å². The Hall–Kier alpha value is -1.76. The van der Waals surface area contributed by atoms with Crippen LogP contribution in [0.15, 0.2) is 28.7 Å². The maximum absolute atomic E-state index is 12.0. The smallest absolute Gasteiger partial charge is 0.417 e. The Morgan fingerprint density at radius 1 is 1.38 bits per heavy atom. The topological polar surface area (TPSA) is 72.8 Å². The molecule has 0 heterocycles. The van der Waals surface area contributed by atoms with Gasteiger partial charge < -0.3 is 4.74 Å². The molecule has 16 heavy (non-hydrogen) atoms. The van der Waals surface area contributed by atoms with Crippen molar-refractivity contribution in [1.29, 1.82) is 0 Å². The average molecular weight is 245 g/mol. The van der Waals surface area contributed by atoms with Crippen molar-refractivity contribution in [3.05, 3.63) is 35.4 Å². The van der Waals surface area contributed by atoms with Crippen molar-refractivity contribution >= 4 is 22.6 Å². The molecule has 86 valence electrons. The minimum Gasteiger partial charge on any atom is -0.465 e. The fourth-order valence-corrected chi connectivity index (χ4v) is 1.19. The number of benzene rings is 1. The van der Waals surface area contributed by atoms with E-state index in [-0.39, 0.29) is 0 Å². The van der Waals surface area contributed by atoms with E-state index in [2.05, 4.69) is 9.13 Å². The maximum Gasteiger partial charge on any atom is 0.417 e. The molecule has 0 fully saturated rings. The van der Waals surface area contributed by atoms with E-state index in [1.807, 2.05) is 0 Å². The number of esters is 1. The van der Waals surface area contributed by atoms with Crippen LogP contribution in [-0.4, -0.2) is 27.7 Å². The Kier molecular flexibility index (Phi) is 3.73. The van der Waals surface area contributed by atoms with Crippen LogP contribution in [0.3, 0.4) is 0 Å². The third-order valence-electron chi connectivity index (χ3n) is 1.66. The van der Waals surface area contributed by atoms with Crippen molar-refractivity contribution in [2.75, 3.05) is 7.11 Å². The van der Waals surface area contributed by atoms with Gasteiger partial charge in [0, 0.05) is 0 Å². The van der Waals surface area contributed by atoms with Gasteiger partial charge in [-0.25, -0.2) is 4.79 Å². The SMILES string of the molecule is COC(=O)c1ccc(/C=N/S(=O)(=O)F)cc1. The van der Waals surface area contributed by atoms with Crippen LogP contribution in [0.25, 0.3) is 0 Å². The fraction of sp³-hybridized carbons (Fsp3) is 0.111. The van der Waals surface area contributed by atoms with Crippen molar-refractivity contribution in [1.82, 2.24) is 0 Å². The molecule has 0 amide bonds. The second-order valence-corrected chi connectivity index (χ2v) is 3.80. The molecular formula is C9H8FNO4S. The second-order valence-electron chi connectivity index (χ2n) is 2.76. The van der Waals surface area contributed by atoms with Gasteiger partial charge >= 0.3 is 16.4 Å². The fourth-order valence-electron chi connectivity index (χ4n) is 0.947. The lowest BCUT2D eigenvalue weighted by atomic mass is 10.1. The van der Waals surface area contributed by atoms with Crippen molar-refractivity contribution in [3.8, 4) is 0 Å². The summed E-state index contributed by atoms with van der Waals surface area (Å²) in [4.78, 5) is 11.0. The molecule has 1 rings (SSSR count). The second kappa shape index (κ2) is 4.84. The predicted molar refractivity (Wildman–Crippen MR) is 55.4 cm³/mol. The van der Waals surface area contributed by atoms with Crippen LogP contribution in [0, 0.1) is 0 Å². The zero-order chi connectivity index (χ0) is 12.2. The summed E-state index contributed by atoms with van der Waals surface area (Å²) in [5.74, 6) is -0.512. The van der Waals surface area contributed by atoms with Gasteiger partial charge in [-0.05, 0) is 17.7 Å². The summed E-state index contributed by atoms with van der Waals surface area (Å²) < 4.78 is 39.4. The molecule has 0 radical (unpaired) electrons. The number of carbonyl (C=O) groups is 1. The van der Waals surface area contributed by atoms with E-state index in [4.69, 9.17) is 0 Å². The van der Waals surface area contributed by atoms with Gasteiger partial charge in [0.15, 0.2) is 0 Å². The number of hydrogen-bond donors (Lipinski definition) is 0. The minimum absolute atomic E-state index is 0.308. The summed E-state index contributed by atoms with van der Waals surface area (Å²) in [5, 5.41) is 0. The van der Waals surface area contributed by atoms with Gasteiger partial charge in [-0.3, -0.25) is 0 Å².